The number of rotatable bonds is 9. The van der Waals surface area contributed by atoms with Crippen molar-refractivity contribution in [1.29, 1.82) is 0 Å². The lowest BCUT2D eigenvalue weighted by Gasteiger charge is -2.16. The number of carbonyl (C=O) groups excluding carboxylic acids is 1. The molecular formula is C15H22N2O4. The first-order valence-electron chi connectivity index (χ1n) is 7.10. The van der Waals surface area contributed by atoms with Gasteiger partial charge in [-0.1, -0.05) is 6.07 Å². The van der Waals surface area contributed by atoms with Crippen molar-refractivity contribution < 1.29 is 19.4 Å². The van der Waals surface area contributed by atoms with Crippen LogP contribution in [-0.2, 0) is 11.4 Å². The summed E-state index contributed by atoms with van der Waals surface area (Å²) in [5.41, 5.74) is 6.13. The smallest absolute Gasteiger partial charge is 0.234 e. The van der Waals surface area contributed by atoms with E-state index in [-0.39, 0.29) is 18.6 Å². The second-order valence-corrected chi connectivity index (χ2v) is 5.18. The maximum Gasteiger partial charge on any atom is 0.234 e. The number of hydrogen-bond acceptors (Lipinski definition) is 5. The molecule has 6 heteroatoms. The Morgan fingerprint density at radius 2 is 2.24 bits per heavy atom. The molecule has 0 saturated heterocycles. The van der Waals surface area contributed by atoms with Gasteiger partial charge in [-0.25, -0.2) is 0 Å². The molecule has 1 aromatic carbocycles. The number of ether oxygens (including phenoxy) is 2. The Morgan fingerprint density at radius 3 is 2.81 bits per heavy atom. The molecule has 6 nitrogen and oxygen atoms in total. The van der Waals surface area contributed by atoms with Gasteiger partial charge in [0.15, 0.2) is 11.5 Å². The van der Waals surface area contributed by atoms with Gasteiger partial charge in [-0.3, -0.25) is 4.79 Å². The number of primary amides is 1. The molecule has 0 heterocycles. The monoisotopic (exact) mass is 294 g/mol. The van der Waals surface area contributed by atoms with Gasteiger partial charge in [0.1, 0.15) is 0 Å². The van der Waals surface area contributed by atoms with Crippen LogP contribution in [0.1, 0.15) is 24.8 Å². The van der Waals surface area contributed by atoms with Crippen LogP contribution in [0, 0.1) is 0 Å². The number of amides is 1. The Morgan fingerprint density at radius 1 is 1.48 bits per heavy atom. The number of methoxy groups -OCH3 is 1. The molecule has 1 unspecified atom stereocenters. The Balaban J connectivity index is 1.87. The molecular weight excluding hydrogens is 272 g/mol. The van der Waals surface area contributed by atoms with Gasteiger partial charge in [-0.05, 0) is 30.5 Å². The van der Waals surface area contributed by atoms with Crippen LogP contribution in [0.3, 0.4) is 0 Å². The van der Waals surface area contributed by atoms with Crippen molar-refractivity contribution in [3.8, 4) is 11.5 Å². The van der Waals surface area contributed by atoms with Crippen LogP contribution in [0.2, 0.25) is 0 Å². The minimum Gasteiger partial charge on any atom is -0.493 e. The van der Waals surface area contributed by atoms with Crippen LogP contribution in [-0.4, -0.2) is 36.8 Å². The SMILES string of the molecule is COc1cc(CO)ccc1OCCC(NC1CC1)C(N)=O. The van der Waals surface area contributed by atoms with Crippen LogP contribution in [0.5, 0.6) is 11.5 Å². The predicted molar refractivity (Wildman–Crippen MR) is 78.2 cm³/mol. The minimum absolute atomic E-state index is 0.0499. The summed E-state index contributed by atoms with van der Waals surface area (Å²) in [6.45, 7) is 0.313. The maximum absolute atomic E-state index is 11.4. The Hall–Kier alpha value is -1.79. The van der Waals surface area contributed by atoms with E-state index in [1.807, 2.05) is 0 Å². The molecule has 0 spiro atoms. The van der Waals surface area contributed by atoms with E-state index in [4.69, 9.17) is 20.3 Å². The highest BCUT2D eigenvalue weighted by Gasteiger charge is 2.27. The maximum atomic E-state index is 11.4. The fourth-order valence-corrected chi connectivity index (χ4v) is 2.06. The largest absolute Gasteiger partial charge is 0.493 e. The zero-order chi connectivity index (χ0) is 15.2. The van der Waals surface area contributed by atoms with Gasteiger partial charge in [0.25, 0.3) is 0 Å². The zero-order valence-electron chi connectivity index (χ0n) is 12.2. The zero-order valence-corrected chi connectivity index (χ0v) is 12.2. The lowest BCUT2D eigenvalue weighted by Crippen LogP contribution is -2.43. The highest BCUT2D eigenvalue weighted by Crippen LogP contribution is 2.28. The summed E-state index contributed by atoms with van der Waals surface area (Å²) in [4.78, 5) is 11.4. The molecule has 21 heavy (non-hydrogen) atoms. The van der Waals surface area contributed by atoms with Crippen LogP contribution >= 0.6 is 0 Å². The van der Waals surface area contributed by atoms with E-state index in [0.29, 0.717) is 30.6 Å². The Bertz CT molecular complexity index is 489. The molecule has 1 saturated carbocycles. The molecule has 1 fully saturated rings. The standard InChI is InChI=1S/C15H22N2O4/c1-20-14-8-10(9-18)2-5-13(14)21-7-6-12(15(16)19)17-11-3-4-11/h2,5,8,11-12,17-18H,3-4,6-7,9H2,1H3,(H2,16,19). The number of nitrogens with one attached hydrogen (secondary N) is 1. The Labute approximate surface area is 124 Å². The van der Waals surface area contributed by atoms with Gasteiger partial charge >= 0.3 is 0 Å². The first-order valence-corrected chi connectivity index (χ1v) is 7.10. The van der Waals surface area contributed by atoms with Crippen LogP contribution in [0.4, 0.5) is 0 Å². The highest BCUT2D eigenvalue weighted by atomic mass is 16.5. The molecule has 4 N–H and O–H groups in total. The summed E-state index contributed by atoms with van der Waals surface area (Å²) in [5, 5.41) is 12.3. The van der Waals surface area contributed by atoms with Crippen molar-refractivity contribution >= 4 is 5.91 Å². The number of aliphatic hydroxyl groups is 1. The minimum atomic E-state index is -0.361. The third-order valence-corrected chi connectivity index (χ3v) is 3.43. The molecule has 0 bridgehead atoms. The van der Waals surface area contributed by atoms with Gasteiger partial charge in [-0.2, -0.15) is 0 Å². The molecule has 0 aliphatic heterocycles. The third kappa shape index (κ3) is 4.61. The number of hydrogen-bond donors (Lipinski definition) is 3. The third-order valence-electron chi connectivity index (χ3n) is 3.43. The van der Waals surface area contributed by atoms with E-state index in [0.717, 1.165) is 18.4 Å². The van der Waals surface area contributed by atoms with Gasteiger partial charge in [-0.15, -0.1) is 0 Å². The van der Waals surface area contributed by atoms with Crippen molar-refractivity contribution in [3.05, 3.63) is 23.8 Å². The molecule has 116 valence electrons. The average molecular weight is 294 g/mol. The van der Waals surface area contributed by atoms with E-state index in [9.17, 15) is 4.79 Å². The van der Waals surface area contributed by atoms with Crippen molar-refractivity contribution in [1.82, 2.24) is 5.32 Å². The van der Waals surface area contributed by atoms with Crippen molar-refractivity contribution in [3.63, 3.8) is 0 Å². The summed E-state index contributed by atoms with van der Waals surface area (Å²) >= 11 is 0. The lowest BCUT2D eigenvalue weighted by atomic mass is 10.2. The number of carbonyl (C=O) groups is 1. The first-order chi connectivity index (χ1) is 10.1. The van der Waals surface area contributed by atoms with E-state index in [1.54, 1.807) is 25.3 Å². The van der Waals surface area contributed by atoms with E-state index in [2.05, 4.69) is 5.32 Å². The van der Waals surface area contributed by atoms with Crippen molar-refractivity contribution in [2.24, 2.45) is 5.73 Å². The van der Waals surface area contributed by atoms with Crippen LogP contribution in [0.15, 0.2) is 18.2 Å². The van der Waals surface area contributed by atoms with Gasteiger partial charge in [0, 0.05) is 12.5 Å². The summed E-state index contributed by atoms with van der Waals surface area (Å²) in [6.07, 6.45) is 2.71. The van der Waals surface area contributed by atoms with Crippen molar-refractivity contribution in [2.75, 3.05) is 13.7 Å². The predicted octanol–water partition coefficient (Wildman–Crippen LogP) is 0.562. The topological polar surface area (TPSA) is 93.8 Å². The second-order valence-electron chi connectivity index (χ2n) is 5.18. The molecule has 2 rings (SSSR count). The number of benzene rings is 1. The molecule has 1 atom stereocenters. The normalized spacial score (nSPS) is 15.5. The summed E-state index contributed by atoms with van der Waals surface area (Å²) in [6, 6.07) is 5.30. The number of aliphatic hydroxyl groups excluding tert-OH is 1. The second kappa shape index (κ2) is 7.28. The molecule has 1 aromatic rings. The van der Waals surface area contributed by atoms with Gasteiger partial charge < -0.3 is 25.6 Å². The fourth-order valence-electron chi connectivity index (χ4n) is 2.06. The van der Waals surface area contributed by atoms with Crippen LogP contribution < -0.4 is 20.5 Å². The molecule has 1 aliphatic rings. The average Bonchev–Trinajstić information content (AvgIpc) is 3.30. The Kier molecular flexibility index (Phi) is 5.41. The number of nitrogens with two attached hydrogens (primary N) is 1. The lowest BCUT2D eigenvalue weighted by molar-refractivity contribution is -0.120. The summed E-state index contributed by atoms with van der Waals surface area (Å²) < 4.78 is 10.9. The van der Waals surface area contributed by atoms with Crippen molar-refractivity contribution in [2.45, 2.75) is 38.0 Å². The molecule has 0 aromatic heterocycles. The summed E-state index contributed by atoms with van der Waals surface area (Å²) in [5.74, 6) is 0.796. The first kappa shape index (κ1) is 15.6. The van der Waals surface area contributed by atoms with E-state index >= 15 is 0 Å². The van der Waals surface area contributed by atoms with E-state index < -0.39 is 0 Å². The van der Waals surface area contributed by atoms with Crippen LogP contribution in [0.25, 0.3) is 0 Å². The van der Waals surface area contributed by atoms with Gasteiger partial charge in [0.2, 0.25) is 5.91 Å². The molecule has 0 radical (unpaired) electrons. The van der Waals surface area contributed by atoms with Gasteiger partial charge in [0.05, 0.1) is 26.4 Å². The fraction of sp³-hybridized carbons (Fsp3) is 0.533. The van der Waals surface area contributed by atoms with E-state index in [1.165, 1.54) is 0 Å². The molecule has 1 amide bonds. The quantitative estimate of drug-likeness (QED) is 0.619. The summed E-state index contributed by atoms with van der Waals surface area (Å²) in [7, 11) is 1.55. The highest BCUT2D eigenvalue weighted by molar-refractivity contribution is 5.79. The molecule has 1 aliphatic carbocycles.